The van der Waals surface area contributed by atoms with Crippen molar-refractivity contribution in [3.05, 3.63) is 172 Å². The van der Waals surface area contributed by atoms with Gasteiger partial charge in [-0.15, -0.1) is 11.3 Å². The van der Waals surface area contributed by atoms with Gasteiger partial charge in [0, 0.05) is 31.0 Å². The van der Waals surface area contributed by atoms with E-state index in [4.69, 9.17) is 0 Å². The maximum atomic E-state index is 2.63. The van der Waals surface area contributed by atoms with Crippen molar-refractivity contribution >= 4 is 69.4 Å². The van der Waals surface area contributed by atoms with Crippen LogP contribution in [0.15, 0.2) is 133 Å². The molecule has 2 atom stereocenters. The normalized spacial score (nSPS) is 21.3. The minimum absolute atomic E-state index is 0.0534. The second kappa shape index (κ2) is 10.9. The van der Waals surface area contributed by atoms with Gasteiger partial charge in [-0.2, -0.15) is 0 Å². The Morgan fingerprint density at radius 3 is 1.47 bits per heavy atom. The average Bonchev–Trinajstić information content (AvgIpc) is 3.57. The fourth-order valence-corrected chi connectivity index (χ4v) is 12.6. The molecule has 0 nitrogen and oxygen atoms in total. The Morgan fingerprint density at radius 2 is 0.873 bits per heavy atom. The Morgan fingerprint density at radius 1 is 0.400 bits per heavy atom. The SMILES string of the molecule is CC1(C)c2ccccc2C(C)(C)c2cc3c(cc21)c1ccccc1c1cc2c(cc31)C(C)(C)C1C=CC(c3ccc4sc5ccccc5c4c3)=CC1C2(C)C. The first-order valence-corrected chi connectivity index (χ1v) is 21.0. The zero-order valence-electron chi connectivity index (χ0n) is 33.3. The second-order valence-corrected chi connectivity index (χ2v) is 20.1. The molecular formula is C54H48S. The molecule has 7 aromatic carbocycles. The van der Waals surface area contributed by atoms with Gasteiger partial charge < -0.3 is 0 Å². The van der Waals surface area contributed by atoms with Crippen molar-refractivity contribution in [2.75, 3.05) is 0 Å². The van der Waals surface area contributed by atoms with Crippen LogP contribution in [0.1, 0.15) is 94.3 Å². The first-order valence-electron chi connectivity index (χ1n) is 20.2. The van der Waals surface area contributed by atoms with Crippen molar-refractivity contribution in [2.45, 2.75) is 77.0 Å². The topological polar surface area (TPSA) is 0 Å². The molecule has 1 heterocycles. The maximum absolute atomic E-state index is 2.63. The summed E-state index contributed by atoms with van der Waals surface area (Å²) in [4.78, 5) is 0. The molecule has 0 radical (unpaired) electrons. The van der Waals surface area contributed by atoms with Crippen LogP contribution in [-0.2, 0) is 21.7 Å². The van der Waals surface area contributed by atoms with E-state index in [2.05, 4.69) is 189 Å². The molecule has 11 rings (SSSR count). The molecule has 1 heteroatoms. The van der Waals surface area contributed by atoms with E-state index in [-0.39, 0.29) is 21.7 Å². The zero-order chi connectivity index (χ0) is 37.8. The van der Waals surface area contributed by atoms with Crippen LogP contribution in [0, 0.1) is 11.8 Å². The quantitative estimate of drug-likeness (QED) is 0.148. The van der Waals surface area contributed by atoms with Gasteiger partial charge in [0.15, 0.2) is 0 Å². The maximum Gasteiger partial charge on any atom is 0.0355 e. The molecule has 3 aliphatic rings. The Labute approximate surface area is 329 Å². The molecular weight excluding hydrogens is 681 g/mol. The molecule has 2 unspecified atom stereocenters. The highest BCUT2D eigenvalue weighted by atomic mass is 32.1. The van der Waals surface area contributed by atoms with Crippen LogP contribution in [0.5, 0.6) is 0 Å². The van der Waals surface area contributed by atoms with E-state index in [1.54, 1.807) is 0 Å². The summed E-state index contributed by atoms with van der Waals surface area (Å²) in [7, 11) is 0. The lowest BCUT2D eigenvalue weighted by Gasteiger charge is -2.53. The first-order chi connectivity index (χ1) is 26.3. The van der Waals surface area contributed by atoms with Crippen molar-refractivity contribution in [2.24, 2.45) is 11.8 Å². The number of hydrogen-bond acceptors (Lipinski definition) is 1. The van der Waals surface area contributed by atoms with E-state index in [9.17, 15) is 0 Å². The summed E-state index contributed by atoms with van der Waals surface area (Å²) >= 11 is 1.90. The number of rotatable bonds is 1. The molecule has 0 fully saturated rings. The van der Waals surface area contributed by atoms with Crippen molar-refractivity contribution in [3.8, 4) is 0 Å². The summed E-state index contributed by atoms with van der Waals surface area (Å²) < 4.78 is 2.72. The second-order valence-electron chi connectivity index (χ2n) is 19.0. The molecule has 55 heavy (non-hydrogen) atoms. The van der Waals surface area contributed by atoms with Gasteiger partial charge in [-0.05, 0) is 142 Å². The standard InChI is InChI=1S/C54H48S/c1-51(2)41-18-12-13-19-42(41)52(3,4)46-29-38-36(27-45(46)51)33-15-9-10-16-34(33)37-28-48-47(30-39(37)38)53(5,6)43-23-21-32(26-44(43)54(48,7)8)31-22-24-50-40(25-31)35-17-11-14-20-49(35)55-50/h9-30,43-44H,1-8H3. The molecule has 3 aliphatic carbocycles. The van der Waals surface area contributed by atoms with E-state index in [0.29, 0.717) is 11.8 Å². The molecule has 1 aromatic heterocycles. The van der Waals surface area contributed by atoms with Crippen LogP contribution in [0.25, 0.3) is 58.1 Å². The molecule has 0 amide bonds. The smallest absolute Gasteiger partial charge is 0.0355 e. The Balaban J connectivity index is 1.13. The first kappa shape index (κ1) is 33.4. The van der Waals surface area contributed by atoms with Gasteiger partial charge in [-0.1, -0.05) is 146 Å². The van der Waals surface area contributed by atoms with Gasteiger partial charge in [-0.3, -0.25) is 0 Å². The Bertz CT molecular complexity index is 3040. The van der Waals surface area contributed by atoms with Crippen LogP contribution < -0.4 is 0 Å². The van der Waals surface area contributed by atoms with Gasteiger partial charge in [0.1, 0.15) is 0 Å². The van der Waals surface area contributed by atoms with Crippen molar-refractivity contribution < 1.29 is 0 Å². The summed E-state index contributed by atoms with van der Waals surface area (Å²) in [6, 6.07) is 44.7. The van der Waals surface area contributed by atoms with Gasteiger partial charge in [-0.25, -0.2) is 0 Å². The van der Waals surface area contributed by atoms with Crippen molar-refractivity contribution in [1.82, 2.24) is 0 Å². The van der Waals surface area contributed by atoms with Gasteiger partial charge in [0.05, 0.1) is 0 Å². The predicted molar refractivity (Wildman–Crippen MR) is 239 cm³/mol. The van der Waals surface area contributed by atoms with E-state index in [0.717, 1.165) is 0 Å². The van der Waals surface area contributed by atoms with Gasteiger partial charge >= 0.3 is 0 Å². The molecule has 0 spiro atoms. The monoisotopic (exact) mass is 728 g/mol. The van der Waals surface area contributed by atoms with Crippen molar-refractivity contribution in [3.63, 3.8) is 0 Å². The fraction of sp³-hybridized carbons (Fsp3) is 0.259. The van der Waals surface area contributed by atoms with Crippen LogP contribution in [-0.4, -0.2) is 0 Å². The highest BCUT2D eigenvalue weighted by molar-refractivity contribution is 7.25. The Hall–Kier alpha value is -4.98. The lowest BCUT2D eigenvalue weighted by atomic mass is 9.51. The van der Waals surface area contributed by atoms with E-state index < -0.39 is 0 Å². The lowest BCUT2D eigenvalue weighted by molar-refractivity contribution is 0.191. The number of fused-ring (bicyclic) bond motifs is 13. The molecule has 8 aromatic rings. The van der Waals surface area contributed by atoms with Crippen LogP contribution in [0.2, 0.25) is 0 Å². The van der Waals surface area contributed by atoms with Gasteiger partial charge in [0.2, 0.25) is 0 Å². The minimum atomic E-state index is -0.103. The predicted octanol–water partition coefficient (Wildman–Crippen LogP) is 14.9. The van der Waals surface area contributed by atoms with Crippen molar-refractivity contribution in [1.29, 1.82) is 0 Å². The summed E-state index contributed by atoms with van der Waals surface area (Å²) in [5, 5.41) is 11.0. The highest BCUT2D eigenvalue weighted by Crippen LogP contribution is 2.58. The van der Waals surface area contributed by atoms with E-state index >= 15 is 0 Å². The lowest BCUT2D eigenvalue weighted by Crippen LogP contribution is -2.48. The molecule has 0 aliphatic heterocycles. The third kappa shape index (κ3) is 4.34. The molecule has 270 valence electrons. The summed E-state index contributed by atoms with van der Waals surface area (Å²) in [5.74, 6) is 0.752. The number of thiophene rings is 1. The summed E-state index contributed by atoms with van der Waals surface area (Å²) in [6.07, 6.45) is 7.61. The third-order valence-electron chi connectivity index (χ3n) is 14.7. The summed E-state index contributed by atoms with van der Waals surface area (Å²) in [5.41, 5.74) is 11.1. The van der Waals surface area contributed by atoms with Crippen LogP contribution in [0.4, 0.5) is 0 Å². The minimum Gasteiger partial charge on any atom is -0.135 e. The summed E-state index contributed by atoms with van der Waals surface area (Å²) in [6.45, 7) is 19.7. The van der Waals surface area contributed by atoms with Crippen LogP contribution >= 0.6 is 11.3 Å². The molecule has 0 bridgehead atoms. The fourth-order valence-electron chi connectivity index (χ4n) is 11.5. The average molecular weight is 729 g/mol. The molecule has 0 N–H and O–H groups in total. The Kier molecular flexibility index (Phi) is 6.59. The number of hydrogen-bond donors (Lipinski definition) is 0. The molecule has 0 saturated heterocycles. The van der Waals surface area contributed by atoms with E-state index in [1.807, 2.05) is 11.3 Å². The van der Waals surface area contributed by atoms with E-state index in [1.165, 1.54) is 97.0 Å². The number of allylic oxidation sites excluding steroid dienone is 4. The third-order valence-corrected chi connectivity index (χ3v) is 15.9. The van der Waals surface area contributed by atoms with Crippen LogP contribution in [0.3, 0.4) is 0 Å². The highest BCUT2D eigenvalue weighted by Gasteiger charge is 2.50. The number of benzene rings is 7. The zero-order valence-corrected chi connectivity index (χ0v) is 34.1. The molecule has 0 saturated carbocycles. The largest absolute Gasteiger partial charge is 0.135 e. The van der Waals surface area contributed by atoms with Gasteiger partial charge in [0.25, 0.3) is 0 Å².